The lowest BCUT2D eigenvalue weighted by Gasteiger charge is -2.26. The van der Waals surface area contributed by atoms with E-state index >= 15 is 0 Å². The molecule has 0 saturated heterocycles. The van der Waals surface area contributed by atoms with E-state index in [0.29, 0.717) is 12.7 Å². The quantitative estimate of drug-likeness (QED) is 0.536. The molecule has 0 radical (unpaired) electrons. The zero-order valence-electron chi connectivity index (χ0n) is 11.4. The van der Waals surface area contributed by atoms with Gasteiger partial charge in [0.25, 0.3) is 0 Å². The molecule has 0 bridgehead atoms. The number of methoxy groups -OCH3 is 1. The van der Waals surface area contributed by atoms with Crippen LogP contribution < -0.4 is 0 Å². The van der Waals surface area contributed by atoms with Crippen LogP contribution in [0.3, 0.4) is 0 Å². The van der Waals surface area contributed by atoms with Crippen molar-refractivity contribution in [1.29, 1.82) is 0 Å². The molecule has 106 valence electrons. The fraction of sp³-hybridized carbons (Fsp3) is 0.929. The number of hydrogen-bond donors (Lipinski definition) is 1. The molecule has 4 nitrogen and oxygen atoms in total. The summed E-state index contributed by atoms with van der Waals surface area (Å²) in [4.78, 5) is 11.4. The van der Waals surface area contributed by atoms with Crippen LogP contribution in [0.4, 0.5) is 0 Å². The smallest absolute Gasteiger partial charge is 0.308 e. The normalized spacial score (nSPS) is 23.9. The molecule has 0 atom stereocenters. The first-order valence-electron chi connectivity index (χ1n) is 7.08. The highest BCUT2D eigenvalue weighted by molar-refractivity contribution is 5.72. The Morgan fingerprint density at radius 3 is 2.39 bits per heavy atom. The Morgan fingerprint density at radius 1 is 1.11 bits per heavy atom. The van der Waals surface area contributed by atoms with Gasteiger partial charge in [-0.15, -0.1) is 0 Å². The summed E-state index contributed by atoms with van der Waals surface area (Å²) < 4.78 is 10.6. The van der Waals surface area contributed by atoms with Crippen molar-refractivity contribution in [2.45, 2.75) is 57.5 Å². The van der Waals surface area contributed by atoms with Crippen LogP contribution in [0.15, 0.2) is 0 Å². The highest BCUT2D eigenvalue weighted by Gasteiger charge is 2.26. The largest absolute Gasteiger partial charge is 0.469 e. The van der Waals surface area contributed by atoms with Gasteiger partial charge in [0.2, 0.25) is 0 Å². The third-order valence-electron chi connectivity index (χ3n) is 3.61. The zero-order valence-corrected chi connectivity index (χ0v) is 11.4. The van der Waals surface area contributed by atoms with Crippen LogP contribution in [-0.2, 0) is 14.3 Å². The lowest BCUT2D eigenvalue weighted by Crippen LogP contribution is -2.27. The molecule has 18 heavy (non-hydrogen) atoms. The van der Waals surface area contributed by atoms with Crippen molar-refractivity contribution >= 4 is 5.97 Å². The second-order valence-corrected chi connectivity index (χ2v) is 5.01. The topological polar surface area (TPSA) is 55.8 Å². The molecule has 0 aromatic carbocycles. The SMILES string of the molecule is COC(=O)C1CCC(OCCCCCCO)CC1. The van der Waals surface area contributed by atoms with E-state index in [2.05, 4.69) is 0 Å². The summed E-state index contributed by atoms with van der Waals surface area (Å²) in [6, 6.07) is 0. The standard InChI is InChI=1S/C14H26O4/c1-17-14(16)12-6-8-13(9-7-12)18-11-5-3-2-4-10-15/h12-13,15H,2-11H2,1H3. The van der Waals surface area contributed by atoms with Crippen molar-refractivity contribution in [2.75, 3.05) is 20.3 Å². The van der Waals surface area contributed by atoms with Crippen LogP contribution in [0, 0.1) is 5.92 Å². The summed E-state index contributed by atoms with van der Waals surface area (Å²) in [6.07, 6.45) is 8.20. The van der Waals surface area contributed by atoms with Gasteiger partial charge in [0.1, 0.15) is 0 Å². The molecule has 0 heterocycles. The van der Waals surface area contributed by atoms with Gasteiger partial charge in [0.05, 0.1) is 19.1 Å². The van der Waals surface area contributed by atoms with E-state index in [9.17, 15) is 4.79 Å². The van der Waals surface area contributed by atoms with Crippen LogP contribution in [0.25, 0.3) is 0 Å². The first kappa shape index (κ1) is 15.4. The van der Waals surface area contributed by atoms with Gasteiger partial charge in [-0.2, -0.15) is 0 Å². The lowest BCUT2D eigenvalue weighted by molar-refractivity contribution is -0.147. The number of esters is 1. The van der Waals surface area contributed by atoms with Crippen LogP contribution in [-0.4, -0.2) is 37.5 Å². The summed E-state index contributed by atoms with van der Waals surface area (Å²) in [7, 11) is 1.46. The van der Waals surface area contributed by atoms with E-state index in [4.69, 9.17) is 14.6 Å². The van der Waals surface area contributed by atoms with E-state index in [1.807, 2.05) is 0 Å². The maximum atomic E-state index is 11.4. The molecule has 1 aliphatic rings. The van der Waals surface area contributed by atoms with Crippen molar-refractivity contribution in [2.24, 2.45) is 5.92 Å². The minimum absolute atomic E-state index is 0.0718. The second kappa shape index (κ2) is 9.34. The third kappa shape index (κ3) is 5.83. The molecule has 0 aromatic rings. The molecule has 0 unspecified atom stereocenters. The minimum Gasteiger partial charge on any atom is -0.469 e. The average Bonchev–Trinajstić information content (AvgIpc) is 2.42. The number of unbranched alkanes of at least 4 members (excludes halogenated alkanes) is 3. The summed E-state index contributed by atoms with van der Waals surface area (Å²) in [6.45, 7) is 1.09. The highest BCUT2D eigenvalue weighted by atomic mass is 16.5. The highest BCUT2D eigenvalue weighted by Crippen LogP contribution is 2.27. The van der Waals surface area contributed by atoms with Crippen LogP contribution in [0.5, 0.6) is 0 Å². The number of hydrogen-bond acceptors (Lipinski definition) is 4. The molecular formula is C14H26O4. The van der Waals surface area contributed by atoms with Gasteiger partial charge >= 0.3 is 5.97 Å². The van der Waals surface area contributed by atoms with Crippen molar-refractivity contribution in [3.63, 3.8) is 0 Å². The molecule has 1 N–H and O–H groups in total. The first-order valence-corrected chi connectivity index (χ1v) is 7.08. The molecule has 1 fully saturated rings. The van der Waals surface area contributed by atoms with Gasteiger partial charge in [-0.05, 0) is 38.5 Å². The monoisotopic (exact) mass is 258 g/mol. The second-order valence-electron chi connectivity index (χ2n) is 5.01. The van der Waals surface area contributed by atoms with Gasteiger partial charge in [-0.3, -0.25) is 4.79 Å². The maximum Gasteiger partial charge on any atom is 0.308 e. The first-order chi connectivity index (χ1) is 8.77. The predicted molar refractivity (Wildman–Crippen MR) is 69.3 cm³/mol. The number of aliphatic hydroxyl groups is 1. The van der Waals surface area contributed by atoms with Crippen molar-refractivity contribution in [3.8, 4) is 0 Å². The van der Waals surface area contributed by atoms with E-state index in [0.717, 1.165) is 58.0 Å². The van der Waals surface area contributed by atoms with Crippen LogP contribution in [0.1, 0.15) is 51.4 Å². The van der Waals surface area contributed by atoms with Gasteiger partial charge in [-0.1, -0.05) is 12.8 Å². The molecular weight excluding hydrogens is 232 g/mol. The fourth-order valence-electron chi connectivity index (χ4n) is 2.45. The Bertz CT molecular complexity index is 222. The molecule has 0 spiro atoms. The molecule has 1 saturated carbocycles. The van der Waals surface area contributed by atoms with Crippen molar-refractivity contribution < 1.29 is 19.4 Å². The maximum absolute atomic E-state index is 11.4. The average molecular weight is 258 g/mol. The molecule has 1 aliphatic carbocycles. The van der Waals surface area contributed by atoms with Gasteiger partial charge in [0, 0.05) is 13.2 Å². The van der Waals surface area contributed by atoms with Crippen molar-refractivity contribution in [1.82, 2.24) is 0 Å². The van der Waals surface area contributed by atoms with E-state index < -0.39 is 0 Å². The number of ether oxygens (including phenoxy) is 2. The summed E-state index contributed by atoms with van der Waals surface area (Å²) in [5, 5.41) is 8.65. The van der Waals surface area contributed by atoms with Crippen LogP contribution >= 0.6 is 0 Å². The number of rotatable bonds is 8. The molecule has 0 amide bonds. The predicted octanol–water partition coefficient (Wildman–Crippen LogP) is 2.29. The summed E-state index contributed by atoms with van der Waals surface area (Å²) in [5.41, 5.74) is 0. The van der Waals surface area contributed by atoms with E-state index in [1.54, 1.807) is 0 Å². The zero-order chi connectivity index (χ0) is 13.2. The molecule has 0 aliphatic heterocycles. The lowest BCUT2D eigenvalue weighted by atomic mass is 9.87. The number of carbonyl (C=O) groups excluding carboxylic acids is 1. The summed E-state index contributed by atoms with van der Waals surface area (Å²) >= 11 is 0. The Hall–Kier alpha value is -0.610. The van der Waals surface area contributed by atoms with Crippen molar-refractivity contribution in [3.05, 3.63) is 0 Å². The van der Waals surface area contributed by atoms with Gasteiger partial charge < -0.3 is 14.6 Å². The Labute approximate surface area is 110 Å². The Kier molecular flexibility index (Phi) is 8.01. The minimum atomic E-state index is -0.0718. The summed E-state index contributed by atoms with van der Waals surface area (Å²) in [5.74, 6) is 0.0110. The number of carbonyl (C=O) groups is 1. The van der Waals surface area contributed by atoms with Crippen LogP contribution in [0.2, 0.25) is 0 Å². The number of aliphatic hydroxyl groups excluding tert-OH is 1. The Morgan fingerprint density at radius 2 is 1.78 bits per heavy atom. The molecule has 1 rings (SSSR count). The Balaban J connectivity index is 2.00. The van der Waals surface area contributed by atoms with E-state index in [1.165, 1.54) is 7.11 Å². The molecule has 4 heteroatoms. The van der Waals surface area contributed by atoms with Gasteiger partial charge in [0.15, 0.2) is 0 Å². The van der Waals surface area contributed by atoms with Gasteiger partial charge in [-0.25, -0.2) is 0 Å². The fourth-order valence-corrected chi connectivity index (χ4v) is 2.45. The van der Waals surface area contributed by atoms with E-state index in [-0.39, 0.29) is 11.9 Å². The molecule has 0 aromatic heterocycles. The third-order valence-corrected chi connectivity index (χ3v) is 3.61.